The number of hydrogen-bond donors (Lipinski definition) is 1. The summed E-state index contributed by atoms with van der Waals surface area (Å²) < 4.78 is 15.8. The van der Waals surface area contributed by atoms with Gasteiger partial charge in [0.05, 0.1) is 22.6 Å². The van der Waals surface area contributed by atoms with E-state index in [1.807, 2.05) is 54.3 Å². The molecule has 0 bridgehead atoms. The van der Waals surface area contributed by atoms with Crippen LogP contribution in [0.1, 0.15) is 11.3 Å². The van der Waals surface area contributed by atoms with Crippen molar-refractivity contribution >= 4 is 23.4 Å². The second kappa shape index (κ2) is 8.05. The highest BCUT2D eigenvalue weighted by molar-refractivity contribution is 7.98. The van der Waals surface area contributed by atoms with E-state index in [1.54, 1.807) is 37.0 Å². The van der Waals surface area contributed by atoms with Crippen LogP contribution in [0, 0.1) is 19.7 Å². The number of thioether (sulfide) groups is 1. The number of nitrogens with one attached hydrogen (secondary N) is 1. The van der Waals surface area contributed by atoms with Crippen LogP contribution in [-0.2, 0) is 0 Å². The minimum absolute atomic E-state index is 0.268. The number of hydrogen-bond acceptors (Lipinski definition) is 5. The van der Waals surface area contributed by atoms with E-state index in [0.29, 0.717) is 17.2 Å². The first kappa shape index (κ1) is 19.1. The Bertz CT molecular complexity index is 1160. The summed E-state index contributed by atoms with van der Waals surface area (Å²) in [7, 11) is 0. The molecule has 0 aliphatic rings. The van der Waals surface area contributed by atoms with Gasteiger partial charge >= 0.3 is 0 Å². The second-order valence-corrected chi connectivity index (χ2v) is 7.31. The molecular weight excluding hydrogens is 385 g/mol. The molecule has 0 unspecified atom stereocenters. The Morgan fingerprint density at radius 3 is 2.55 bits per heavy atom. The van der Waals surface area contributed by atoms with Gasteiger partial charge < -0.3 is 5.32 Å². The third-order valence-electron chi connectivity index (χ3n) is 4.70. The standard InChI is InChI=1S/C22H20FN5S/c1-14-17(23)10-7-11-18(14)25-22-24-13-12-19(26-22)20-15(2)28(27-21(20)29-3)16-8-5-4-6-9-16/h4-13H,1-3H3,(H,24,25,26). The molecule has 0 spiro atoms. The molecule has 5 nitrogen and oxygen atoms in total. The smallest absolute Gasteiger partial charge is 0.227 e. The van der Waals surface area contributed by atoms with Gasteiger partial charge in [0.15, 0.2) is 0 Å². The van der Waals surface area contributed by atoms with Gasteiger partial charge in [0.2, 0.25) is 5.95 Å². The minimum Gasteiger partial charge on any atom is -0.324 e. The highest BCUT2D eigenvalue weighted by Crippen LogP contribution is 2.33. The molecule has 29 heavy (non-hydrogen) atoms. The molecule has 2 aromatic carbocycles. The number of anilines is 2. The lowest BCUT2D eigenvalue weighted by atomic mass is 10.2. The number of rotatable bonds is 5. The number of para-hydroxylation sites is 1. The van der Waals surface area contributed by atoms with E-state index in [1.165, 1.54) is 6.07 Å². The Morgan fingerprint density at radius 1 is 1.00 bits per heavy atom. The van der Waals surface area contributed by atoms with Crippen LogP contribution in [0.3, 0.4) is 0 Å². The van der Waals surface area contributed by atoms with Crippen molar-refractivity contribution in [2.75, 3.05) is 11.6 Å². The maximum Gasteiger partial charge on any atom is 0.227 e. The Hall–Kier alpha value is -3.19. The first-order valence-electron chi connectivity index (χ1n) is 9.13. The maximum atomic E-state index is 13.8. The lowest BCUT2D eigenvalue weighted by molar-refractivity contribution is 0.619. The Labute approximate surface area is 173 Å². The number of nitrogens with zero attached hydrogens (tertiary/aromatic N) is 4. The second-order valence-electron chi connectivity index (χ2n) is 6.52. The van der Waals surface area contributed by atoms with Crippen LogP contribution >= 0.6 is 11.8 Å². The normalized spacial score (nSPS) is 10.9. The monoisotopic (exact) mass is 405 g/mol. The van der Waals surface area contributed by atoms with Gasteiger partial charge in [-0.1, -0.05) is 24.3 Å². The zero-order valence-corrected chi connectivity index (χ0v) is 17.2. The average Bonchev–Trinajstić information content (AvgIpc) is 3.08. The molecule has 0 aliphatic carbocycles. The molecule has 2 aromatic heterocycles. The van der Waals surface area contributed by atoms with E-state index in [9.17, 15) is 4.39 Å². The van der Waals surface area contributed by atoms with E-state index in [2.05, 4.69) is 15.3 Å². The number of halogens is 1. The van der Waals surface area contributed by atoms with E-state index in [0.717, 1.165) is 27.7 Å². The van der Waals surface area contributed by atoms with Crippen molar-refractivity contribution in [3.8, 4) is 16.9 Å². The van der Waals surface area contributed by atoms with Crippen LogP contribution in [0.4, 0.5) is 16.0 Å². The van der Waals surface area contributed by atoms with E-state index in [-0.39, 0.29) is 5.82 Å². The molecule has 7 heteroatoms. The first-order valence-corrected chi connectivity index (χ1v) is 10.4. The molecule has 2 heterocycles. The van der Waals surface area contributed by atoms with Gasteiger partial charge in [0.1, 0.15) is 10.8 Å². The summed E-state index contributed by atoms with van der Waals surface area (Å²) in [5.41, 5.74) is 4.88. The molecule has 4 rings (SSSR count). The van der Waals surface area contributed by atoms with Gasteiger partial charge in [-0.3, -0.25) is 0 Å². The van der Waals surface area contributed by atoms with Crippen LogP contribution < -0.4 is 5.32 Å². The van der Waals surface area contributed by atoms with Crippen molar-refractivity contribution in [1.29, 1.82) is 0 Å². The van der Waals surface area contributed by atoms with Crippen molar-refractivity contribution in [2.45, 2.75) is 18.9 Å². The number of aromatic nitrogens is 4. The summed E-state index contributed by atoms with van der Waals surface area (Å²) in [5, 5.41) is 8.77. The predicted octanol–water partition coefficient (Wildman–Crippen LogP) is 5.55. The molecule has 0 atom stereocenters. The fourth-order valence-electron chi connectivity index (χ4n) is 3.16. The van der Waals surface area contributed by atoms with Gasteiger partial charge in [0.25, 0.3) is 0 Å². The zero-order chi connectivity index (χ0) is 20.4. The molecule has 4 aromatic rings. The topological polar surface area (TPSA) is 55.6 Å². The SMILES string of the molecule is CSc1nn(-c2ccccc2)c(C)c1-c1ccnc(Nc2cccc(F)c2C)n1. The quantitative estimate of drug-likeness (QED) is 0.441. The minimum atomic E-state index is -0.268. The molecule has 0 fully saturated rings. The van der Waals surface area contributed by atoms with Gasteiger partial charge in [0, 0.05) is 17.4 Å². The molecule has 0 saturated carbocycles. The Balaban J connectivity index is 1.75. The number of benzene rings is 2. The Kier molecular flexibility index (Phi) is 5.31. The van der Waals surface area contributed by atoms with Gasteiger partial charge in [-0.2, -0.15) is 5.10 Å². The van der Waals surface area contributed by atoms with Crippen LogP contribution in [-0.4, -0.2) is 26.0 Å². The average molecular weight is 406 g/mol. The van der Waals surface area contributed by atoms with Crippen LogP contribution in [0.2, 0.25) is 0 Å². The van der Waals surface area contributed by atoms with Crippen LogP contribution in [0.25, 0.3) is 16.9 Å². The molecule has 1 N–H and O–H groups in total. The van der Waals surface area contributed by atoms with E-state index < -0.39 is 0 Å². The lowest BCUT2D eigenvalue weighted by Gasteiger charge is -2.10. The van der Waals surface area contributed by atoms with Gasteiger partial charge in [-0.25, -0.2) is 19.0 Å². The van der Waals surface area contributed by atoms with Crippen molar-refractivity contribution in [2.24, 2.45) is 0 Å². The van der Waals surface area contributed by atoms with Crippen LogP contribution in [0.15, 0.2) is 65.8 Å². The summed E-state index contributed by atoms with van der Waals surface area (Å²) in [6.45, 7) is 3.75. The summed E-state index contributed by atoms with van der Waals surface area (Å²) >= 11 is 1.57. The maximum absolute atomic E-state index is 13.8. The first-order chi connectivity index (χ1) is 14.1. The van der Waals surface area contributed by atoms with E-state index >= 15 is 0 Å². The van der Waals surface area contributed by atoms with Crippen molar-refractivity contribution < 1.29 is 4.39 Å². The third-order valence-corrected chi connectivity index (χ3v) is 5.38. The van der Waals surface area contributed by atoms with Gasteiger partial charge in [-0.15, -0.1) is 11.8 Å². The summed E-state index contributed by atoms with van der Waals surface area (Å²) in [6.07, 6.45) is 3.69. The molecule has 0 radical (unpaired) electrons. The third kappa shape index (κ3) is 3.73. The molecule has 146 valence electrons. The largest absolute Gasteiger partial charge is 0.324 e. The zero-order valence-electron chi connectivity index (χ0n) is 16.3. The predicted molar refractivity (Wildman–Crippen MR) is 116 cm³/mol. The van der Waals surface area contributed by atoms with Gasteiger partial charge in [-0.05, 0) is 50.4 Å². The summed E-state index contributed by atoms with van der Waals surface area (Å²) in [4.78, 5) is 8.98. The van der Waals surface area contributed by atoms with Crippen LogP contribution in [0.5, 0.6) is 0 Å². The summed E-state index contributed by atoms with van der Waals surface area (Å²) in [5.74, 6) is 0.144. The summed E-state index contributed by atoms with van der Waals surface area (Å²) in [6, 6.07) is 16.8. The van der Waals surface area contributed by atoms with Crippen molar-refractivity contribution in [3.05, 3.63) is 77.9 Å². The fraction of sp³-hybridized carbons (Fsp3) is 0.136. The fourth-order valence-corrected chi connectivity index (χ4v) is 3.78. The highest BCUT2D eigenvalue weighted by Gasteiger charge is 2.18. The Morgan fingerprint density at radius 2 is 1.79 bits per heavy atom. The van der Waals surface area contributed by atoms with E-state index in [4.69, 9.17) is 5.10 Å². The molecule has 0 saturated heterocycles. The van der Waals surface area contributed by atoms with Crippen molar-refractivity contribution in [1.82, 2.24) is 19.7 Å². The molecule has 0 aliphatic heterocycles. The van der Waals surface area contributed by atoms with Crippen molar-refractivity contribution in [3.63, 3.8) is 0 Å². The molecular formula is C22H20FN5S. The molecule has 0 amide bonds. The highest BCUT2D eigenvalue weighted by atomic mass is 32.2. The lowest BCUT2D eigenvalue weighted by Crippen LogP contribution is -2.01.